The summed E-state index contributed by atoms with van der Waals surface area (Å²) < 4.78 is 64.3. The standard InChI is InChI=1S/C40H52F3N5O7/c1-39(2,3)54-37(51)45-33(24-49)36(50)48(21-27-20-47(22-31(27)43)38(52)55-40(4,5)6)34(26-14-16-53-17-15-26)35-44-32(29-18-28(41)12-13-30(29)42)23-46(35)19-25-10-8-7-9-11-25/h7-13,18,23,26-27,31,33-34,49H,14-17,19-22,24H2,1-6H3,(H,45,51)/t27-,31-,33?,34+/m0/s1. The molecule has 2 aromatic carbocycles. The summed E-state index contributed by atoms with van der Waals surface area (Å²) >= 11 is 0. The van der Waals surface area contributed by atoms with Crippen LogP contribution in [-0.2, 0) is 25.5 Å². The number of aliphatic hydroxyl groups is 1. The van der Waals surface area contributed by atoms with Gasteiger partial charge in [0.1, 0.15) is 40.9 Å². The molecule has 3 heterocycles. The van der Waals surface area contributed by atoms with Gasteiger partial charge in [0, 0.05) is 50.5 Å². The van der Waals surface area contributed by atoms with Crippen LogP contribution < -0.4 is 5.32 Å². The van der Waals surface area contributed by atoms with Gasteiger partial charge < -0.3 is 39.0 Å². The fraction of sp³-hybridized carbons (Fsp3) is 0.550. The quantitative estimate of drug-likeness (QED) is 0.233. The number of ether oxygens (including phenoxy) is 3. The van der Waals surface area contributed by atoms with E-state index in [2.05, 4.69) is 5.32 Å². The van der Waals surface area contributed by atoms with Gasteiger partial charge in [-0.15, -0.1) is 0 Å². The van der Waals surface area contributed by atoms with E-state index in [1.165, 1.54) is 9.80 Å². The number of alkyl halides is 1. The van der Waals surface area contributed by atoms with E-state index in [0.29, 0.717) is 31.9 Å². The molecule has 5 rings (SSSR count). The number of aliphatic hydroxyl groups excluding tert-OH is 1. The second-order valence-corrected chi connectivity index (χ2v) is 16.2. The number of hydrogen-bond donors (Lipinski definition) is 2. The van der Waals surface area contributed by atoms with E-state index in [9.17, 15) is 23.9 Å². The van der Waals surface area contributed by atoms with E-state index in [-0.39, 0.29) is 43.4 Å². The molecule has 0 radical (unpaired) electrons. The van der Waals surface area contributed by atoms with Crippen LogP contribution in [0.2, 0.25) is 0 Å². The van der Waals surface area contributed by atoms with Crippen molar-refractivity contribution in [2.45, 2.75) is 90.4 Å². The number of rotatable bonds is 11. The first-order valence-corrected chi connectivity index (χ1v) is 18.6. The summed E-state index contributed by atoms with van der Waals surface area (Å²) in [6.07, 6.45) is -0.713. The van der Waals surface area contributed by atoms with Crippen LogP contribution in [0, 0.1) is 23.5 Å². The summed E-state index contributed by atoms with van der Waals surface area (Å²) in [4.78, 5) is 48.4. The topological polar surface area (TPSA) is 135 Å². The van der Waals surface area contributed by atoms with Crippen LogP contribution >= 0.6 is 0 Å². The number of benzene rings is 2. The van der Waals surface area contributed by atoms with Crippen LogP contribution in [0.3, 0.4) is 0 Å². The Bertz CT molecular complexity index is 1790. The lowest BCUT2D eigenvalue weighted by atomic mass is 9.88. The first-order chi connectivity index (χ1) is 25.9. The average Bonchev–Trinajstić information content (AvgIpc) is 3.69. The van der Waals surface area contributed by atoms with E-state index in [1.807, 2.05) is 30.3 Å². The fourth-order valence-corrected chi connectivity index (χ4v) is 6.94. The van der Waals surface area contributed by atoms with Crippen LogP contribution in [0.15, 0.2) is 54.7 Å². The van der Waals surface area contributed by atoms with Gasteiger partial charge in [0.25, 0.3) is 0 Å². The molecule has 2 aliphatic rings. The third-order valence-electron chi connectivity index (χ3n) is 9.42. The maximum atomic E-state index is 16.1. The number of nitrogens with one attached hydrogen (secondary N) is 1. The van der Waals surface area contributed by atoms with E-state index < -0.39 is 71.7 Å². The molecule has 12 nitrogen and oxygen atoms in total. The Balaban J connectivity index is 1.64. The molecule has 0 saturated carbocycles. The van der Waals surface area contributed by atoms with Crippen molar-refractivity contribution in [3.63, 3.8) is 0 Å². The maximum absolute atomic E-state index is 16.1. The Morgan fingerprint density at radius 3 is 2.31 bits per heavy atom. The second-order valence-electron chi connectivity index (χ2n) is 16.2. The second kappa shape index (κ2) is 17.4. The Morgan fingerprint density at radius 1 is 1.00 bits per heavy atom. The van der Waals surface area contributed by atoms with Crippen molar-refractivity contribution in [2.24, 2.45) is 11.8 Å². The maximum Gasteiger partial charge on any atom is 0.410 e. The van der Waals surface area contributed by atoms with Crippen LogP contribution in [0.25, 0.3) is 11.3 Å². The van der Waals surface area contributed by atoms with Crippen molar-refractivity contribution >= 4 is 18.1 Å². The summed E-state index contributed by atoms with van der Waals surface area (Å²) in [6.45, 7) is 9.56. The molecule has 0 spiro atoms. The molecular weight excluding hydrogens is 719 g/mol. The van der Waals surface area contributed by atoms with E-state index in [0.717, 1.165) is 23.8 Å². The zero-order chi connectivity index (χ0) is 40.1. The van der Waals surface area contributed by atoms with Gasteiger partial charge >= 0.3 is 12.2 Å². The predicted octanol–water partition coefficient (Wildman–Crippen LogP) is 6.26. The largest absolute Gasteiger partial charge is 0.444 e. The van der Waals surface area contributed by atoms with Gasteiger partial charge in [-0.2, -0.15) is 0 Å². The molecule has 55 heavy (non-hydrogen) atoms. The van der Waals surface area contributed by atoms with Gasteiger partial charge in [0.15, 0.2) is 0 Å². The highest BCUT2D eigenvalue weighted by atomic mass is 19.1. The number of hydrogen-bond acceptors (Lipinski definition) is 8. The average molecular weight is 772 g/mol. The van der Waals surface area contributed by atoms with Gasteiger partial charge in [0.05, 0.1) is 24.9 Å². The highest BCUT2D eigenvalue weighted by Crippen LogP contribution is 2.39. The van der Waals surface area contributed by atoms with Crippen molar-refractivity contribution in [2.75, 3.05) is 39.5 Å². The summed E-state index contributed by atoms with van der Waals surface area (Å²) in [5.41, 5.74) is -0.877. The third-order valence-corrected chi connectivity index (χ3v) is 9.42. The number of aromatic nitrogens is 2. The molecule has 15 heteroatoms. The smallest absolute Gasteiger partial charge is 0.410 e. The normalized spacial score (nSPS) is 19.1. The van der Waals surface area contributed by atoms with Crippen molar-refractivity contribution < 1.29 is 46.9 Å². The third kappa shape index (κ3) is 11.0. The molecule has 2 fully saturated rings. The molecule has 2 aliphatic heterocycles. The molecule has 0 bridgehead atoms. The number of nitrogens with zero attached hydrogens (tertiary/aromatic N) is 4. The number of halogens is 3. The number of amides is 3. The fourth-order valence-electron chi connectivity index (χ4n) is 6.94. The summed E-state index contributed by atoms with van der Waals surface area (Å²) in [5, 5.41) is 13.0. The molecule has 300 valence electrons. The Morgan fingerprint density at radius 2 is 1.67 bits per heavy atom. The van der Waals surface area contributed by atoms with Crippen molar-refractivity contribution in [3.05, 3.63) is 77.8 Å². The van der Waals surface area contributed by atoms with Gasteiger partial charge in [-0.3, -0.25) is 4.79 Å². The van der Waals surface area contributed by atoms with Crippen LogP contribution in [0.1, 0.15) is 71.8 Å². The number of carbonyl (C=O) groups is 3. The summed E-state index contributed by atoms with van der Waals surface area (Å²) in [5.74, 6) is -3.07. The molecule has 4 atom stereocenters. The minimum absolute atomic E-state index is 0.0815. The van der Waals surface area contributed by atoms with Gasteiger partial charge in [-0.1, -0.05) is 30.3 Å². The van der Waals surface area contributed by atoms with Crippen molar-refractivity contribution in [1.29, 1.82) is 0 Å². The highest BCUT2D eigenvalue weighted by Gasteiger charge is 2.45. The van der Waals surface area contributed by atoms with E-state index in [1.54, 1.807) is 52.3 Å². The molecule has 1 aromatic heterocycles. The molecule has 3 aromatic rings. The van der Waals surface area contributed by atoms with E-state index in [4.69, 9.17) is 19.2 Å². The van der Waals surface area contributed by atoms with E-state index >= 15 is 8.78 Å². The molecule has 3 amide bonds. The first-order valence-electron chi connectivity index (χ1n) is 18.6. The van der Waals surface area contributed by atoms with Crippen LogP contribution in [-0.4, -0.2) is 105 Å². The lowest BCUT2D eigenvalue weighted by Crippen LogP contribution is -2.55. The number of carbonyl (C=O) groups excluding carboxylic acids is 3. The highest BCUT2D eigenvalue weighted by molar-refractivity contribution is 5.86. The predicted molar refractivity (Wildman–Crippen MR) is 198 cm³/mol. The molecule has 2 saturated heterocycles. The zero-order valence-corrected chi connectivity index (χ0v) is 32.3. The monoisotopic (exact) mass is 771 g/mol. The molecule has 1 unspecified atom stereocenters. The zero-order valence-electron chi connectivity index (χ0n) is 32.3. The SMILES string of the molecule is CC(C)(C)OC(=O)NC(CO)C(=O)N(C[C@@H]1CN(C(=O)OC(C)(C)C)C[C@@H]1F)[C@@H](c1nc(-c2cc(F)ccc2F)cn1Cc1ccccc1)C1CCOCC1. The molecule has 0 aliphatic carbocycles. The lowest BCUT2D eigenvalue weighted by molar-refractivity contribution is -0.140. The number of likely N-dealkylation sites (tertiary alicyclic amines) is 1. The van der Waals surface area contributed by atoms with Crippen molar-refractivity contribution in [1.82, 2.24) is 24.7 Å². The van der Waals surface area contributed by atoms with Crippen LogP contribution in [0.4, 0.5) is 22.8 Å². The van der Waals surface area contributed by atoms with Gasteiger partial charge in [0.2, 0.25) is 5.91 Å². The van der Waals surface area contributed by atoms with Crippen LogP contribution in [0.5, 0.6) is 0 Å². The Kier molecular flexibility index (Phi) is 13.2. The Labute approximate surface area is 319 Å². The number of imidazole rings is 1. The molecular formula is C40H52F3N5O7. The Hall–Kier alpha value is -4.63. The number of alkyl carbamates (subject to hydrolysis) is 1. The summed E-state index contributed by atoms with van der Waals surface area (Å²) in [7, 11) is 0. The minimum atomic E-state index is -1.56. The van der Waals surface area contributed by atoms with Gasteiger partial charge in [-0.05, 0) is 84.1 Å². The molecule has 2 N–H and O–H groups in total. The minimum Gasteiger partial charge on any atom is -0.444 e. The lowest BCUT2D eigenvalue weighted by Gasteiger charge is -2.41. The van der Waals surface area contributed by atoms with Crippen molar-refractivity contribution in [3.8, 4) is 11.3 Å². The first kappa shape index (κ1) is 41.5. The summed E-state index contributed by atoms with van der Waals surface area (Å²) in [6, 6.07) is 9.97. The van der Waals surface area contributed by atoms with Gasteiger partial charge in [-0.25, -0.2) is 27.7 Å².